The van der Waals surface area contributed by atoms with E-state index in [1.807, 2.05) is 69.4 Å². The van der Waals surface area contributed by atoms with Crippen molar-refractivity contribution in [3.8, 4) is 0 Å². The van der Waals surface area contributed by atoms with E-state index in [9.17, 15) is 9.59 Å². The molecule has 42 heavy (non-hydrogen) atoms. The van der Waals surface area contributed by atoms with Crippen molar-refractivity contribution in [2.24, 2.45) is 7.05 Å². The fourth-order valence-corrected chi connectivity index (χ4v) is 5.21. The van der Waals surface area contributed by atoms with Gasteiger partial charge in [0.1, 0.15) is 6.04 Å². The molecule has 2 aromatic carbocycles. The number of hydrogen-bond acceptors (Lipinski definition) is 6. The lowest BCUT2D eigenvalue weighted by Gasteiger charge is -2.33. The number of carbonyl (C=O) groups excluding carboxylic acids is 2. The van der Waals surface area contributed by atoms with E-state index < -0.39 is 6.04 Å². The Hall–Kier alpha value is -3.95. The molecule has 0 spiro atoms. The Morgan fingerprint density at radius 1 is 1.05 bits per heavy atom. The van der Waals surface area contributed by atoms with E-state index in [0.717, 1.165) is 46.9 Å². The van der Waals surface area contributed by atoms with Gasteiger partial charge < -0.3 is 24.2 Å². The van der Waals surface area contributed by atoms with Crippen LogP contribution in [0.25, 0.3) is 6.08 Å². The van der Waals surface area contributed by atoms with Crippen LogP contribution in [0.3, 0.4) is 0 Å². The summed E-state index contributed by atoms with van der Waals surface area (Å²) < 4.78 is 12.5. The topological polar surface area (TPSA) is 80.1 Å². The van der Waals surface area contributed by atoms with Crippen molar-refractivity contribution >= 4 is 23.6 Å². The second-order valence-electron chi connectivity index (χ2n) is 10.7. The van der Waals surface area contributed by atoms with Crippen molar-refractivity contribution in [1.82, 2.24) is 19.6 Å². The summed E-state index contributed by atoms with van der Waals surface area (Å²) >= 11 is 0. The molecule has 1 saturated heterocycles. The molecular weight excluding hydrogens is 530 g/mol. The van der Waals surface area contributed by atoms with Crippen LogP contribution in [-0.4, -0.2) is 91.0 Å². The van der Waals surface area contributed by atoms with E-state index in [1.54, 1.807) is 34.7 Å². The highest BCUT2D eigenvalue weighted by molar-refractivity contribution is 5.96. The van der Waals surface area contributed by atoms with Gasteiger partial charge in [-0.15, -0.1) is 0 Å². The molecule has 0 N–H and O–H groups in total. The molecule has 3 aromatic rings. The fourth-order valence-electron chi connectivity index (χ4n) is 5.21. The van der Waals surface area contributed by atoms with Gasteiger partial charge >= 0.3 is 0 Å². The lowest BCUT2D eigenvalue weighted by molar-refractivity contribution is -0.143. The Morgan fingerprint density at radius 2 is 1.74 bits per heavy atom. The normalized spacial score (nSPS) is 14.3. The predicted octanol–water partition coefficient (Wildman–Crippen LogP) is 3.63. The van der Waals surface area contributed by atoms with Crippen molar-refractivity contribution in [1.29, 1.82) is 0 Å². The first kappa shape index (κ1) is 31.0. The van der Waals surface area contributed by atoms with E-state index in [1.165, 1.54) is 0 Å². The van der Waals surface area contributed by atoms with Gasteiger partial charge in [-0.25, -0.2) is 0 Å². The molecule has 0 radical (unpaired) electrons. The Bertz CT molecular complexity index is 1350. The zero-order chi connectivity index (χ0) is 30.1. The third-order valence-electron chi connectivity index (χ3n) is 7.85. The average molecular weight is 574 g/mol. The van der Waals surface area contributed by atoms with Crippen molar-refractivity contribution in [2.45, 2.75) is 32.9 Å². The highest BCUT2D eigenvalue weighted by atomic mass is 16.5. The van der Waals surface area contributed by atoms with Crippen LogP contribution in [0.2, 0.25) is 0 Å². The number of ether oxygens (including phenoxy) is 2. The minimum atomic E-state index is -0.707. The predicted molar refractivity (Wildman–Crippen MR) is 165 cm³/mol. The van der Waals surface area contributed by atoms with Gasteiger partial charge in [-0.2, -0.15) is 5.10 Å². The summed E-state index contributed by atoms with van der Waals surface area (Å²) in [5, 5.41) is 4.47. The number of nitrogens with zero attached hydrogens (tertiary/aromatic N) is 5. The van der Waals surface area contributed by atoms with Gasteiger partial charge in [-0.1, -0.05) is 42.5 Å². The van der Waals surface area contributed by atoms with E-state index in [2.05, 4.69) is 22.1 Å². The molecular formula is C33H43N5O4. The maximum Gasteiger partial charge on any atom is 0.247 e. The number of morpholine rings is 1. The fraction of sp³-hybridized carbons (Fsp3) is 0.424. The molecule has 4 rings (SSSR count). The Morgan fingerprint density at radius 3 is 2.36 bits per heavy atom. The smallest absolute Gasteiger partial charge is 0.247 e. The maximum atomic E-state index is 14.0. The van der Waals surface area contributed by atoms with Gasteiger partial charge in [-0.05, 0) is 43.2 Å². The molecule has 1 unspecified atom stereocenters. The SMILES string of the molecule is COCCN(C)C(=O)C(Cc1ccccc1)N(Cc1ccc(N2CCOCC2)cc1)C(=O)C=Cc1c(C)nn(C)c1C. The first-order valence-electron chi connectivity index (χ1n) is 14.5. The van der Waals surface area contributed by atoms with Crippen LogP contribution < -0.4 is 4.90 Å². The van der Waals surface area contributed by atoms with E-state index in [0.29, 0.717) is 39.3 Å². The highest BCUT2D eigenvalue weighted by Gasteiger charge is 2.31. The highest BCUT2D eigenvalue weighted by Crippen LogP contribution is 2.21. The van der Waals surface area contributed by atoms with Crippen molar-refractivity contribution in [3.63, 3.8) is 0 Å². The molecule has 1 aliphatic heterocycles. The van der Waals surface area contributed by atoms with Crippen LogP contribution in [0.4, 0.5) is 5.69 Å². The number of hydrogen-bond donors (Lipinski definition) is 0. The number of aryl methyl sites for hydroxylation is 2. The van der Waals surface area contributed by atoms with Gasteiger partial charge in [-0.3, -0.25) is 14.3 Å². The lowest BCUT2D eigenvalue weighted by Crippen LogP contribution is -2.51. The second-order valence-corrected chi connectivity index (χ2v) is 10.7. The summed E-state index contributed by atoms with van der Waals surface area (Å²) in [6, 6.07) is 17.4. The monoisotopic (exact) mass is 573 g/mol. The molecule has 0 aliphatic carbocycles. The largest absolute Gasteiger partial charge is 0.383 e. The minimum Gasteiger partial charge on any atom is -0.383 e. The number of rotatable bonds is 12. The molecule has 1 aromatic heterocycles. The van der Waals surface area contributed by atoms with Crippen LogP contribution in [0.5, 0.6) is 0 Å². The zero-order valence-corrected chi connectivity index (χ0v) is 25.5. The van der Waals surface area contributed by atoms with Crippen LogP contribution in [0, 0.1) is 13.8 Å². The molecule has 2 heterocycles. The third-order valence-corrected chi connectivity index (χ3v) is 7.85. The maximum absolute atomic E-state index is 14.0. The standard InChI is InChI=1S/C33H43N5O4/c1-25-30(26(2)36(4)34-25)15-16-32(39)38(24-28-11-13-29(14-12-28)37-18-21-42-22-19-37)31(23-27-9-7-6-8-10-27)33(40)35(3)17-20-41-5/h6-16,31H,17-24H2,1-5H3. The molecule has 0 bridgehead atoms. The van der Waals surface area contributed by atoms with E-state index in [4.69, 9.17) is 9.47 Å². The van der Waals surface area contributed by atoms with E-state index >= 15 is 0 Å². The number of anilines is 1. The molecule has 1 fully saturated rings. The summed E-state index contributed by atoms with van der Waals surface area (Å²) in [7, 11) is 5.26. The summed E-state index contributed by atoms with van der Waals surface area (Å²) in [4.78, 5) is 33.6. The molecule has 224 valence electrons. The quantitative estimate of drug-likeness (QED) is 0.308. The molecule has 2 amide bonds. The average Bonchev–Trinajstić information content (AvgIpc) is 3.26. The molecule has 0 saturated carbocycles. The van der Waals surface area contributed by atoms with Gasteiger partial charge in [0, 0.05) is 76.8 Å². The lowest BCUT2D eigenvalue weighted by atomic mass is 10.0. The number of amides is 2. The van der Waals surface area contributed by atoms with Crippen LogP contribution in [0.1, 0.15) is 28.1 Å². The van der Waals surface area contributed by atoms with Gasteiger partial charge in [0.2, 0.25) is 11.8 Å². The summed E-state index contributed by atoms with van der Waals surface area (Å²) in [5.74, 6) is -0.360. The molecule has 1 aliphatic rings. The Balaban J connectivity index is 1.68. The number of carbonyl (C=O) groups is 2. The van der Waals surface area contributed by atoms with Crippen LogP contribution >= 0.6 is 0 Å². The van der Waals surface area contributed by atoms with Crippen LogP contribution in [-0.2, 0) is 39.1 Å². The summed E-state index contributed by atoms with van der Waals surface area (Å²) in [5.41, 5.74) is 5.79. The number of methoxy groups -OCH3 is 1. The van der Waals surface area contributed by atoms with Gasteiger partial charge in [0.05, 0.1) is 25.5 Å². The molecule has 9 heteroatoms. The third kappa shape index (κ3) is 7.86. The zero-order valence-electron chi connectivity index (χ0n) is 25.5. The summed E-state index contributed by atoms with van der Waals surface area (Å²) in [6.45, 7) is 8.17. The number of likely N-dealkylation sites (N-methyl/N-ethyl adjacent to an activating group) is 1. The van der Waals surface area contributed by atoms with Crippen molar-refractivity contribution in [2.75, 3.05) is 58.5 Å². The van der Waals surface area contributed by atoms with Crippen molar-refractivity contribution in [3.05, 3.63) is 88.8 Å². The van der Waals surface area contributed by atoms with Gasteiger partial charge in [0.25, 0.3) is 0 Å². The molecule has 1 atom stereocenters. The summed E-state index contributed by atoms with van der Waals surface area (Å²) in [6.07, 6.45) is 3.78. The minimum absolute atomic E-state index is 0.128. The Labute approximate surface area is 249 Å². The number of aromatic nitrogens is 2. The first-order valence-corrected chi connectivity index (χ1v) is 14.5. The number of benzene rings is 2. The van der Waals surface area contributed by atoms with Crippen molar-refractivity contribution < 1.29 is 19.1 Å². The second kappa shape index (κ2) is 14.8. The first-order chi connectivity index (χ1) is 20.3. The van der Waals surface area contributed by atoms with Gasteiger partial charge in [0.15, 0.2) is 0 Å². The Kier molecular flexibility index (Phi) is 10.9. The molecule has 9 nitrogen and oxygen atoms in total. The van der Waals surface area contributed by atoms with E-state index in [-0.39, 0.29) is 11.8 Å². The van der Waals surface area contributed by atoms with Crippen LogP contribution in [0.15, 0.2) is 60.7 Å².